The summed E-state index contributed by atoms with van der Waals surface area (Å²) >= 11 is 6.03. The van der Waals surface area contributed by atoms with Crippen LogP contribution in [0.5, 0.6) is 0 Å². The zero-order valence-corrected chi connectivity index (χ0v) is 9.38. The van der Waals surface area contributed by atoms with E-state index in [9.17, 15) is 0 Å². The summed E-state index contributed by atoms with van der Waals surface area (Å²) in [5.74, 6) is 1.63. The second kappa shape index (κ2) is 4.12. The lowest BCUT2D eigenvalue weighted by Crippen LogP contribution is -2.04. The Morgan fingerprint density at radius 1 is 1.60 bits per heavy atom. The summed E-state index contributed by atoms with van der Waals surface area (Å²) in [4.78, 5) is 0. The molecule has 2 unspecified atom stereocenters. The molecule has 0 bridgehead atoms. The van der Waals surface area contributed by atoms with Gasteiger partial charge in [-0.05, 0) is 36.5 Å². The number of hydrogen-bond acceptors (Lipinski definition) is 2. The number of rotatable bonds is 3. The van der Waals surface area contributed by atoms with Crippen LogP contribution < -0.4 is 5.32 Å². The monoisotopic (exact) mass is 220 g/mol. The van der Waals surface area contributed by atoms with E-state index in [0.717, 1.165) is 24.1 Å². The first-order valence-corrected chi connectivity index (χ1v) is 5.52. The number of halogens is 1. The van der Waals surface area contributed by atoms with Crippen LogP contribution in [0.2, 0.25) is 5.02 Å². The topological polar surface area (TPSA) is 35.8 Å². The number of nitrogens with one attached hydrogen (secondary N) is 1. The first kappa shape index (κ1) is 10.3. The summed E-state index contributed by atoms with van der Waals surface area (Å²) in [5, 5.41) is 12.6. The molecular weight excluding hydrogens is 208 g/mol. The Labute approximate surface area is 94.9 Å². The third kappa shape index (κ3) is 2.43. The molecule has 0 aromatic heterocycles. The van der Waals surface area contributed by atoms with Crippen LogP contribution in [0.15, 0.2) is 18.2 Å². The molecule has 2 nitrogen and oxygen atoms in total. The van der Waals surface area contributed by atoms with E-state index in [4.69, 9.17) is 16.9 Å². The van der Waals surface area contributed by atoms with Crippen LogP contribution in [-0.4, -0.2) is 6.54 Å². The van der Waals surface area contributed by atoms with Gasteiger partial charge >= 0.3 is 0 Å². The van der Waals surface area contributed by atoms with E-state index in [1.807, 2.05) is 6.07 Å². The van der Waals surface area contributed by atoms with Crippen LogP contribution in [-0.2, 0) is 0 Å². The summed E-state index contributed by atoms with van der Waals surface area (Å²) in [5.41, 5.74) is 1.53. The van der Waals surface area contributed by atoms with Gasteiger partial charge in [0.25, 0.3) is 0 Å². The fourth-order valence-corrected chi connectivity index (χ4v) is 1.90. The maximum Gasteiger partial charge on any atom is 0.0992 e. The highest BCUT2D eigenvalue weighted by atomic mass is 35.5. The Balaban J connectivity index is 1.99. The van der Waals surface area contributed by atoms with Gasteiger partial charge in [0.15, 0.2) is 0 Å². The van der Waals surface area contributed by atoms with Crippen molar-refractivity contribution in [1.29, 1.82) is 5.26 Å². The molecule has 1 aliphatic rings. The van der Waals surface area contributed by atoms with Crippen LogP contribution in [0.3, 0.4) is 0 Å². The second-order valence-corrected chi connectivity index (χ2v) is 4.57. The van der Waals surface area contributed by atoms with Gasteiger partial charge < -0.3 is 5.32 Å². The fourth-order valence-electron chi connectivity index (χ4n) is 1.65. The first-order valence-electron chi connectivity index (χ1n) is 5.14. The lowest BCUT2D eigenvalue weighted by molar-refractivity contribution is 0.787. The third-order valence-electron chi connectivity index (χ3n) is 2.93. The molecule has 0 amide bonds. The van der Waals surface area contributed by atoms with Crippen LogP contribution in [0.4, 0.5) is 5.69 Å². The van der Waals surface area contributed by atoms with E-state index < -0.39 is 0 Å². The van der Waals surface area contributed by atoms with Crippen molar-refractivity contribution in [1.82, 2.24) is 0 Å². The molecule has 0 heterocycles. The highest BCUT2D eigenvalue weighted by Crippen LogP contribution is 2.38. The Morgan fingerprint density at radius 2 is 2.33 bits per heavy atom. The van der Waals surface area contributed by atoms with Crippen LogP contribution in [0.1, 0.15) is 18.9 Å². The summed E-state index contributed by atoms with van der Waals surface area (Å²) in [7, 11) is 0. The summed E-state index contributed by atoms with van der Waals surface area (Å²) in [6.45, 7) is 3.24. The Morgan fingerprint density at radius 3 is 2.87 bits per heavy atom. The highest BCUT2D eigenvalue weighted by Gasteiger charge is 2.31. The zero-order valence-electron chi connectivity index (χ0n) is 8.63. The van der Waals surface area contributed by atoms with Crippen molar-refractivity contribution < 1.29 is 0 Å². The summed E-state index contributed by atoms with van der Waals surface area (Å²) in [6.07, 6.45) is 1.31. The SMILES string of the molecule is CC1CC1CNc1ccc(C#N)cc1Cl. The smallest absolute Gasteiger partial charge is 0.0992 e. The fraction of sp³-hybridized carbons (Fsp3) is 0.417. The largest absolute Gasteiger partial charge is 0.384 e. The van der Waals surface area contributed by atoms with Gasteiger partial charge in [-0.15, -0.1) is 0 Å². The Kier molecular flexibility index (Phi) is 2.83. The number of nitrogens with zero attached hydrogens (tertiary/aromatic N) is 1. The predicted molar refractivity (Wildman–Crippen MR) is 61.9 cm³/mol. The number of hydrogen-bond donors (Lipinski definition) is 1. The highest BCUT2D eigenvalue weighted by molar-refractivity contribution is 6.33. The quantitative estimate of drug-likeness (QED) is 0.849. The maximum atomic E-state index is 8.69. The van der Waals surface area contributed by atoms with Crippen molar-refractivity contribution >= 4 is 17.3 Å². The van der Waals surface area contributed by atoms with Gasteiger partial charge in [-0.2, -0.15) is 5.26 Å². The maximum absolute atomic E-state index is 8.69. The lowest BCUT2D eigenvalue weighted by Gasteiger charge is -2.07. The minimum Gasteiger partial charge on any atom is -0.384 e. The van der Waals surface area contributed by atoms with E-state index in [1.54, 1.807) is 12.1 Å². The van der Waals surface area contributed by atoms with E-state index in [-0.39, 0.29) is 0 Å². The molecular formula is C12H13ClN2. The van der Waals surface area contributed by atoms with Crippen molar-refractivity contribution in [2.75, 3.05) is 11.9 Å². The standard InChI is InChI=1S/C12H13ClN2/c1-8-4-10(8)7-15-12-3-2-9(6-14)5-11(12)13/h2-3,5,8,10,15H,4,7H2,1H3. The van der Waals surface area contributed by atoms with Crippen molar-refractivity contribution in [3.63, 3.8) is 0 Å². The van der Waals surface area contributed by atoms with Gasteiger partial charge in [-0.25, -0.2) is 0 Å². The van der Waals surface area contributed by atoms with Gasteiger partial charge in [0.1, 0.15) is 0 Å². The average molecular weight is 221 g/mol. The van der Waals surface area contributed by atoms with Gasteiger partial charge in [-0.3, -0.25) is 0 Å². The van der Waals surface area contributed by atoms with Crippen LogP contribution in [0.25, 0.3) is 0 Å². The zero-order chi connectivity index (χ0) is 10.8. The first-order chi connectivity index (χ1) is 7.20. The number of benzene rings is 1. The Bertz CT molecular complexity index is 409. The minimum absolute atomic E-state index is 0.602. The molecule has 0 saturated heterocycles. The molecule has 2 atom stereocenters. The van der Waals surface area contributed by atoms with Crippen molar-refractivity contribution in [3.05, 3.63) is 28.8 Å². The minimum atomic E-state index is 0.602. The Hall–Kier alpha value is -1.20. The molecule has 0 spiro atoms. The van der Waals surface area contributed by atoms with Crippen molar-refractivity contribution in [3.8, 4) is 6.07 Å². The lowest BCUT2D eigenvalue weighted by atomic mass is 10.2. The third-order valence-corrected chi connectivity index (χ3v) is 3.24. The van der Waals surface area contributed by atoms with Gasteiger partial charge in [0, 0.05) is 6.54 Å². The molecule has 2 rings (SSSR count). The molecule has 1 aliphatic carbocycles. The summed E-state index contributed by atoms with van der Waals surface area (Å²) in [6, 6.07) is 7.41. The van der Waals surface area contributed by atoms with E-state index in [2.05, 4.69) is 18.3 Å². The van der Waals surface area contributed by atoms with Crippen molar-refractivity contribution in [2.45, 2.75) is 13.3 Å². The van der Waals surface area contributed by atoms with Crippen molar-refractivity contribution in [2.24, 2.45) is 11.8 Å². The van der Waals surface area contributed by atoms with Gasteiger partial charge in [0.05, 0.1) is 22.3 Å². The average Bonchev–Trinajstić information content (AvgIpc) is 2.93. The molecule has 1 fully saturated rings. The van der Waals surface area contributed by atoms with Gasteiger partial charge in [-0.1, -0.05) is 18.5 Å². The molecule has 1 N–H and O–H groups in total. The summed E-state index contributed by atoms with van der Waals surface area (Å²) < 4.78 is 0. The van der Waals surface area contributed by atoms with E-state index in [0.29, 0.717) is 10.6 Å². The molecule has 1 aromatic carbocycles. The molecule has 0 radical (unpaired) electrons. The normalized spacial score (nSPS) is 23.3. The number of nitriles is 1. The van der Waals surface area contributed by atoms with Gasteiger partial charge in [0.2, 0.25) is 0 Å². The molecule has 0 aliphatic heterocycles. The molecule has 1 saturated carbocycles. The molecule has 78 valence electrons. The van der Waals surface area contributed by atoms with E-state index >= 15 is 0 Å². The molecule has 15 heavy (non-hydrogen) atoms. The second-order valence-electron chi connectivity index (χ2n) is 4.16. The predicted octanol–water partition coefficient (Wildman–Crippen LogP) is 3.28. The number of anilines is 1. The van der Waals surface area contributed by atoms with E-state index in [1.165, 1.54) is 6.42 Å². The van der Waals surface area contributed by atoms with Crippen LogP contribution in [0, 0.1) is 23.2 Å². The molecule has 3 heteroatoms. The molecule has 1 aromatic rings. The van der Waals surface area contributed by atoms with Crippen LogP contribution >= 0.6 is 11.6 Å².